The number of hydrogen-bond donors (Lipinski definition) is 2. The summed E-state index contributed by atoms with van der Waals surface area (Å²) in [6, 6.07) is 0. The first-order chi connectivity index (χ1) is 8.58. The third-order valence-corrected chi connectivity index (χ3v) is 2.43. The Morgan fingerprint density at radius 1 is 1.50 bits per heavy atom. The van der Waals surface area contributed by atoms with Crippen molar-refractivity contribution in [2.45, 2.75) is 19.6 Å². The van der Waals surface area contributed by atoms with Crippen molar-refractivity contribution in [1.82, 2.24) is 9.55 Å². The maximum atomic E-state index is 11.4. The van der Waals surface area contributed by atoms with Crippen molar-refractivity contribution in [1.29, 1.82) is 0 Å². The fourth-order valence-corrected chi connectivity index (χ4v) is 1.44. The van der Waals surface area contributed by atoms with Gasteiger partial charge in [-0.3, -0.25) is 14.3 Å². The number of aryl methyl sites for hydroxylation is 1. The molecule has 0 amide bonds. The van der Waals surface area contributed by atoms with E-state index in [9.17, 15) is 9.59 Å². The zero-order chi connectivity index (χ0) is 13.5. The molecule has 1 heterocycles. The highest BCUT2D eigenvalue weighted by molar-refractivity contribution is 5.00. The van der Waals surface area contributed by atoms with E-state index >= 15 is 0 Å². The lowest BCUT2D eigenvalue weighted by molar-refractivity contribution is -0.0337. The van der Waals surface area contributed by atoms with E-state index in [1.807, 2.05) is 0 Å². The molecule has 7 heteroatoms. The van der Waals surface area contributed by atoms with Crippen molar-refractivity contribution in [3.63, 3.8) is 0 Å². The van der Waals surface area contributed by atoms with Gasteiger partial charge in [0, 0.05) is 18.9 Å². The molecule has 0 unspecified atom stereocenters. The second kappa shape index (κ2) is 7.10. The summed E-state index contributed by atoms with van der Waals surface area (Å²) in [6.07, 6.45) is 1.07. The molecule has 1 aromatic heterocycles. The van der Waals surface area contributed by atoms with Gasteiger partial charge in [0.15, 0.2) is 0 Å². The summed E-state index contributed by atoms with van der Waals surface area (Å²) >= 11 is 0. The molecule has 102 valence electrons. The summed E-state index contributed by atoms with van der Waals surface area (Å²) in [7, 11) is 1.52. The van der Waals surface area contributed by atoms with Crippen LogP contribution >= 0.6 is 0 Å². The van der Waals surface area contributed by atoms with Crippen molar-refractivity contribution in [2.75, 3.05) is 26.9 Å². The maximum Gasteiger partial charge on any atom is 0.328 e. The van der Waals surface area contributed by atoms with E-state index in [4.69, 9.17) is 14.6 Å². The standard InChI is InChI=1S/C11H18N2O5/c1-8-5-13(11(16)12-10(8)15)3-4-18-9(6-14)7-17-2/h5,9,14H,3-4,6-7H2,1-2H3,(H,12,15,16)/t9-/m0/s1. The number of hydrogen-bond acceptors (Lipinski definition) is 5. The number of methoxy groups -OCH3 is 1. The number of aromatic nitrogens is 2. The predicted octanol–water partition coefficient (Wildman–Crippen LogP) is -1.13. The van der Waals surface area contributed by atoms with E-state index < -0.39 is 11.8 Å². The zero-order valence-corrected chi connectivity index (χ0v) is 10.5. The molecule has 1 atom stereocenters. The number of rotatable bonds is 7. The molecule has 0 aliphatic rings. The van der Waals surface area contributed by atoms with Crippen LogP contribution in [0.3, 0.4) is 0 Å². The van der Waals surface area contributed by atoms with Gasteiger partial charge in [-0.1, -0.05) is 0 Å². The average Bonchev–Trinajstić information content (AvgIpc) is 2.34. The van der Waals surface area contributed by atoms with Gasteiger partial charge in [-0.2, -0.15) is 0 Å². The van der Waals surface area contributed by atoms with Crippen molar-refractivity contribution in [3.8, 4) is 0 Å². The number of H-pyrrole nitrogens is 1. The molecule has 0 fully saturated rings. The molecule has 0 bridgehead atoms. The monoisotopic (exact) mass is 258 g/mol. The quantitative estimate of drug-likeness (QED) is 0.645. The molecule has 1 rings (SSSR count). The Balaban J connectivity index is 2.56. The summed E-state index contributed by atoms with van der Waals surface area (Å²) in [4.78, 5) is 24.8. The highest BCUT2D eigenvalue weighted by Gasteiger charge is 2.07. The van der Waals surface area contributed by atoms with Crippen LogP contribution in [0.1, 0.15) is 5.56 Å². The molecule has 18 heavy (non-hydrogen) atoms. The predicted molar refractivity (Wildman–Crippen MR) is 64.8 cm³/mol. The van der Waals surface area contributed by atoms with Crippen molar-refractivity contribution in [2.24, 2.45) is 0 Å². The minimum atomic E-state index is -0.471. The fourth-order valence-electron chi connectivity index (χ4n) is 1.44. The number of ether oxygens (including phenoxy) is 2. The molecule has 0 saturated heterocycles. The van der Waals surface area contributed by atoms with Crippen LogP contribution in [-0.2, 0) is 16.0 Å². The normalized spacial score (nSPS) is 12.6. The molecule has 0 saturated carbocycles. The van der Waals surface area contributed by atoms with Crippen LogP contribution in [0.4, 0.5) is 0 Å². The Bertz CT molecular complexity index is 479. The summed E-state index contributed by atoms with van der Waals surface area (Å²) in [6.45, 7) is 2.32. The topological polar surface area (TPSA) is 93.5 Å². The van der Waals surface area contributed by atoms with Crippen molar-refractivity contribution in [3.05, 3.63) is 32.6 Å². The van der Waals surface area contributed by atoms with Crippen LogP contribution in [0.2, 0.25) is 0 Å². The molecular formula is C11H18N2O5. The van der Waals surface area contributed by atoms with Gasteiger partial charge in [-0.15, -0.1) is 0 Å². The third-order valence-electron chi connectivity index (χ3n) is 2.43. The van der Waals surface area contributed by atoms with Crippen molar-refractivity contribution < 1.29 is 14.6 Å². The summed E-state index contributed by atoms with van der Waals surface area (Å²) in [5.74, 6) is 0. The van der Waals surface area contributed by atoms with Crippen LogP contribution in [0.25, 0.3) is 0 Å². The van der Waals surface area contributed by atoms with Gasteiger partial charge in [0.05, 0.1) is 26.4 Å². The second-order valence-electron chi connectivity index (χ2n) is 3.90. The Kier molecular flexibility index (Phi) is 5.76. The molecule has 0 aliphatic heterocycles. The molecule has 2 N–H and O–H groups in total. The first-order valence-corrected chi connectivity index (χ1v) is 5.60. The van der Waals surface area contributed by atoms with Gasteiger partial charge in [-0.25, -0.2) is 4.79 Å². The van der Waals surface area contributed by atoms with Crippen LogP contribution in [0.5, 0.6) is 0 Å². The van der Waals surface area contributed by atoms with E-state index in [0.29, 0.717) is 12.1 Å². The van der Waals surface area contributed by atoms with E-state index in [1.165, 1.54) is 17.9 Å². The SMILES string of the molecule is COC[C@H](CO)OCCn1cc(C)c(=O)[nH]c1=O. The number of aliphatic hydroxyl groups excluding tert-OH is 1. The molecule has 0 aliphatic carbocycles. The molecule has 7 nitrogen and oxygen atoms in total. The van der Waals surface area contributed by atoms with E-state index in [0.717, 1.165) is 0 Å². The Morgan fingerprint density at radius 2 is 2.22 bits per heavy atom. The number of nitrogens with zero attached hydrogens (tertiary/aromatic N) is 1. The highest BCUT2D eigenvalue weighted by atomic mass is 16.5. The first kappa shape index (κ1) is 14.6. The summed E-state index contributed by atoms with van der Waals surface area (Å²) < 4.78 is 11.5. The zero-order valence-electron chi connectivity index (χ0n) is 10.5. The van der Waals surface area contributed by atoms with Crippen LogP contribution in [0.15, 0.2) is 15.8 Å². The lowest BCUT2D eigenvalue weighted by atomic mass is 10.4. The summed E-state index contributed by atoms with van der Waals surface area (Å²) in [5.41, 5.74) is -0.392. The lowest BCUT2D eigenvalue weighted by Crippen LogP contribution is -2.33. The van der Waals surface area contributed by atoms with Gasteiger partial charge >= 0.3 is 5.69 Å². The smallest absolute Gasteiger partial charge is 0.328 e. The Labute approximate surface area is 104 Å². The number of aromatic amines is 1. The molecular weight excluding hydrogens is 240 g/mol. The van der Waals surface area contributed by atoms with Crippen LogP contribution in [-0.4, -0.2) is 47.7 Å². The fraction of sp³-hybridized carbons (Fsp3) is 0.636. The average molecular weight is 258 g/mol. The second-order valence-corrected chi connectivity index (χ2v) is 3.90. The first-order valence-electron chi connectivity index (χ1n) is 5.60. The van der Waals surface area contributed by atoms with Crippen LogP contribution < -0.4 is 11.2 Å². The van der Waals surface area contributed by atoms with Crippen LogP contribution in [0, 0.1) is 6.92 Å². The van der Waals surface area contributed by atoms with Gasteiger partial charge in [0.2, 0.25) is 0 Å². The maximum absolute atomic E-state index is 11.4. The molecule has 0 aromatic carbocycles. The highest BCUT2D eigenvalue weighted by Crippen LogP contribution is 1.93. The van der Waals surface area contributed by atoms with E-state index in [2.05, 4.69) is 4.98 Å². The number of nitrogens with one attached hydrogen (secondary N) is 1. The van der Waals surface area contributed by atoms with Crippen molar-refractivity contribution >= 4 is 0 Å². The van der Waals surface area contributed by atoms with Gasteiger partial charge < -0.3 is 14.6 Å². The Hall–Kier alpha value is -1.44. The minimum absolute atomic E-state index is 0.145. The van der Waals surface area contributed by atoms with Gasteiger partial charge in [0.1, 0.15) is 6.10 Å². The lowest BCUT2D eigenvalue weighted by Gasteiger charge is -2.14. The summed E-state index contributed by atoms with van der Waals surface area (Å²) in [5, 5.41) is 8.97. The molecule has 1 aromatic rings. The van der Waals surface area contributed by atoms with Gasteiger partial charge in [0.25, 0.3) is 5.56 Å². The Morgan fingerprint density at radius 3 is 2.83 bits per heavy atom. The third kappa shape index (κ3) is 4.10. The van der Waals surface area contributed by atoms with Gasteiger partial charge in [-0.05, 0) is 6.92 Å². The minimum Gasteiger partial charge on any atom is -0.394 e. The molecule has 0 radical (unpaired) electrons. The van der Waals surface area contributed by atoms with E-state index in [-0.39, 0.29) is 25.4 Å². The number of aliphatic hydroxyl groups is 1. The van der Waals surface area contributed by atoms with E-state index in [1.54, 1.807) is 6.92 Å². The largest absolute Gasteiger partial charge is 0.394 e. The molecule has 0 spiro atoms.